The highest BCUT2D eigenvalue weighted by Crippen LogP contribution is 2.20. The number of anilines is 1. The van der Waals surface area contributed by atoms with Gasteiger partial charge in [0.15, 0.2) is 5.65 Å². The van der Waals surface area contributed by atoms with Crippen LogP contribution in [0, 0.1) is 19.8 Å². The van der Waals surface area contributed by atoms with Crippen molar-refractivity contribution in [1.29, 1.82) is 0 Å². The lowest BCUT2D eigenvalue weighted by atomic mass is 9.97. The lowest BCUT2D eigenvalue weighted by Gasteiger charge is -2.12. The minimum absolute atomic E-state index is 0.0128. The molecule has 1 aliphatic rings. The van der Waals surface area contributed by atoms with Crippen LogP contribution in [0.15, 0.2) is 42.5 Å². The van der Waals surface area contributed by atoms with Crippen molar-refractivity contribution in [3.05, 3.63) is 53.8 Å². The number of hydrogen-bond acceptors (Lipinski definition) is 3. The van der Waals surface area contributed by atoms with Crippen LogP contribution >= 0.6 is 0 Å². The Morgan fingerprint density at radius 2 is 2.14 bits per heavy atom. The number of nitrogens with zero attached hydrogens (tertiary/aromatic N) is 2. The topological polar surface area (TPSA) is 54.9 Å². The first-order valence-corrected chi connectivity index (χ1v) is 7.50. The lowest BCUT2D eigenvalue weighted by molar-refractivity contribution is -0.116. The standard InChI is InChI=1S/C18H19N3O/c1-12-10-13(2)19-18-15(12)8-9-16(21-18)20-17(22)11-14-6-4-3-5-7-14/h3-6,8-10,14H,7,11H2,1-2H3,(H,19,20,21,22)/t14-/m1/s1. The van der Waals surface area contributed by atoms with Crippen LogP contribution in [0.3, 0.4) is 0 Å². The van der Waals surface area contributed by atoms with Gasteiger partial charge in [-0.15, -0.1) is 0 Å². The Morgan fingerprint density at radius 1 is 1.27 bits per heavy atom. The maximum absolute atomic E-state index is 12.1. The maximum atomic E-state index is 12.1. The Morgan fingerprint density at radius 3 is 2.91 bits per heavy atom. The summed E-state index contributed by atoms with van der Waals surface area (Å²) in [6.07, 6.45) is 9.54. The summed E-state index contributed by atoms with van der Waals surface area (Å²) in [5.74, 6) is 0.819. The van der Waals surface area contributed by atoms with Crippen LogP contribution in [0.4, 0.5) is 5.82 Å². The number of aromatic nitrogens is 2. The van der Waals surface area contributed by atoms with Gasteiger partial charge < -0.3 is 5.32 Å². The summed E-state index contributed by atoms with van der Waals surface area (Å²) in [7, 11) is 0. The summed E-state index contributed by atoms with van der Waals surface area (Å²) in [6.45, 7) is 3.99. The van der Waals surface area contributed by atoms with E-state index in [1.807, 2.05) is 44.2 Å². The molecular formula is C18H19N3O. The largest absolute Gasteiger partial charge is 0.311 e. The van der Waals surface area contributed by atoms with Gasteiger partial charge in [0.25, 0.3) is 0 Å². The van der Waals surface area contributed by atoms with Crippen molar-refractivity contribution in [3.8, 4) is 0 Å². The summed E-state index contributed by atoms with van der Waals surface area (Å²) < 4.78 is 0. The van der Waals surface area contributed by atoms with E-state index in [0.29, 0.717) is 17.9 Å². The number of fused-ring (bicyclic) bond motifs is 1. The van der Waals surface area contributed by atoms with Crippen molar-refractivity contribution in [2.75, 3.05) is 5.32 Å². The fourth-order valence-electron chi connectivity index (χ4n) is 2.72. The molecule has 3 rings (SSSR count). The minimum atomic E-state index is -0.0128. The zero-order chi connectivity index (χ0) is 15.5. The first-order chi connectivity index (χ1) is 10.6. The third-order valence-electron chi connectivity index (χ3n) is 3.79. The number of pyridine rings is 2. The molecule has 22 heavy (non-hydrogen) atoms. The van der Waals surface area contributed by atoms with Crippen LogP contribution in [0.5, 0.6) is 0 Å². The molecule has 0 spiro atoms. The molecule has 0 bridgehead atoms. The normalized spacial score (nSPS) is 16.9. The second kappa shape index (κ2) is 6.10. The van der Waals surface area contributed by atoms with Gasteiger partial charge in [-0.1, -0.05) is 24.3 Å². The van der Waals surface area contributed by atoms with Crippen molar-refractivity contribution >= 4 is 22.8 Å². The summed E-state index contributed by atoms with van der Waals surface area (Å²) >= 11 is 0. The average Bonchev–Trinajstić information content (AvgIpc) is 2.47. The van der Waals surface area contributed by atoms with E-state index in [4.69, 9.17) is 0 Å². The summed E-state index contributed by atoms with van der Waals surface area (Å²) in [5, 5.41) is 3.89. The molecule has 0 saturated carbocycles. The quantitative estimate of drug-likeness (QED) is 0.938. The van der Waals surface area contributed by atoms with Gasteiger partial charge in [-0.3, -0.25) is 4.79 Å². The van der Waals surface area contributed by atoms with Gasteiger partial charge in [0.2, 0.25) is 5.91 Å². The van der Waals surface area contributed by atoms with Crippen molar-refractivity contribution in [3.63, 3.8) is 0 Å². The number of carbonyl (C=O) groups is 1. The Kier molecular flexibility index (Phi) is 4.00. The van der Waals surface area contributed by atoms with Gasteiger partial charge in [0.1, 0.15) is 5.82 Å². The van der Waals surface area contributed by atoms with Gasteiger partial charge in [-0.25, -0.2) is 9.97 Å². The number of amides is 1. The maximum Gasteiger partial charge on any atom is 0.226 e. The SMILES string of the molecule is Cc1cc(C)c2ccc(NC(=O)C[C@@H]3C=CC=CC3)nc2n1. The molecule has 0 saturated heterocycles. The smallest absolute Gasteiger partial charge is 0.226 e. The number of rotatable bonds is 3. The number of aryl methyl sites for hydroxylation is 2. The average molecular weight is 293 g/mol. The lowest BCUT2D eigenvalue weighted by Crippen LogP contribution is -2.16. The number of hydrogen-bond donors (Lipinski definition) is 1. The fourth-order valence-corrected chi connectivity index (χ4v) is 2.72. The molecule has 1 amide bonds. The van der Waals surface area contributed by atoms with Gasteiger partial charge in [-0.2, -0.15) is 0 Å². The van der Waals surface area contributed by atoms with Crippen molar-refractivity contribution < 1.29 is 4.79 Å². The molecule has 0 aliphatic heterocycles. The van der Waals surface area contributed by atoms with E-state index < -0.39 is 0 Å². The van der Waals surface area contributed by atoms with E-state index in [2.05, 4.69) is 27.4 Å². The minimum Gasteiger partial charge on any atom is -0.311 e. The molecule has 1 aliphatic carbocycles. The molecule has 4 heteroatoms. The van der Waals surface area contributed by atoms with Gasteiger partial charge >= 0.3 is 0 Å². The third-order valence-corrected chi connectivity index (χ3v) is 3.79. The molecule has 1 N–H and O–H groups in total. The molecule has 2 heterocycles. The molecule has 4 nitrogen and oxygen atoms in total. The van der Waals surface area contributed by atoms with Gasteiger partial charge in [-0.05, 0) is 49.9 Å². The zero-order valence-electron chi connectivity index (χ0n) is 12.8. The predicted molar refractivity (Wildman–Crippen MR) is 88.6 cm³/mol. The van der Waals surface area contributed by atoms with Crippen molar-refractivity contribution in [2.45, 2.75) is 26.7 Å². The Hall–Kier alpha value is -2.49. The molecule has 1 atom stereocenters. The highest BCUT2D eigenvalue weighted by atomic mass is 16.1. The number of nitrogens with one attached hydrogen (secondary N) is 1. The van der Waals surface area contributed by atoms with E-state index >= 15 is 0 Å². The van der Waals surface area contributed by atoms with E-state index in [-0.39, 0.29) is 11.8 Å². The summed E-state index contributed by atoms with van der Waals surface area (Å²) in [4.78, 5) is 21.0. The summed E-state index contributed by atoms with van der Waals surface area (Å²) in [5.41, 5.74) is 2.75. The number of allylic oxidation sites excluding steroid dienone is 4. The van der Waals surface area contributed by atoms with Crippen LogP contribution in [0.2, 0.25) is 0 Å². The Balaban J connectivity index is 1.74. The number of carbonyl (C=O) groups excluding carboxylic acids is 1. The predicted octanol–water partition coefficient (Wildman–Crippen LogP) is 3.71. The van der Waals surface area contributed by atoms with Crippen molar-refractivity contribution in [1.82, 2.24) is 9.97 Å². The Labute approximate surface area is 130 Å². The fraction of sp³-hybridized carbons (Fsp3) is 0.278. The van der Waals surface area contributed by atoms with Crippen molar-refractivity contribution in [2.24, 2.45) is 5.92 Å². The summed E-state index contributed by atoms with van der Waals surface area (Å²) in [6, 6.07) is 5.83. The molecule has 2 aromatic rings. The highest BCUT2D eigenvalue weighted by Gasteiger charge is 2.12. The van der Waals surface area contributed by atoms with E-state index in [1.165, 1.54) is 0 Å². The second-order valence-corrected chi connectivity index (χ2v) is 5.71. The second-order valence-electron chi connectivity index (χ2n) is 5.71. The Bertz CT molecular complexity index is 777. The first kappa shape index (κ1) is 14.4. The molecule has 0 aromatic carbocycles. The van der Waals surface area contributed by atoms with Crippen LogP contribution < -0.4 is 5.32 Å². The monoisotopic (exact) mass is 293 g/mol. The van der Waals surface area contributed by atoms with Crippen LogP contribution in [0.25, 0.3) is 11.0 Å². The molecule has 0 unspecified atom stereocenters. The zero-order valence-corrected chi connectivity index (χ0v) is 12.8. The van der Waals surface area contributed by atoms with Gasteiger partial charge in [0, 0.05) is 17.5 Å². The van der Waals surface area contributed by atoms with E-state index in [0.717, 1.165) is 23.1 Å². The van der Waals surface area contributed by atoms with Crippen LogP contribution in [-0.4, -0.2) is 15.9 Å². The van der Waals surface area contributed by atoms with Crippen LogP contribution in [0.1, 0.15) is 24.1 Å². The van der Waals surface area contributed by atoms with E-state index in [1.54, 1.807) is 0 Å². The van der Waals surface area contributed by atoms with E-state index in [9.17, 15) is 4.79 Å². The van der Waals surface area contributed by atoms with Gasteiger partial charge in [0.05, 0.1) is 0 Å². The molecule has 0 fully saturated rings. The molecular weight excluding hydrogens is 274 g/mol. The molecule has 0 radical (unpaired) electrons. The molecule has 112 valence electrons. The third kappa shape index (κ3) is 3.22. The van der Waals surface area contributed by atoms with Crippen LogP contribution in [-0.2, 0) is 4.79 Å². The highest BCUT2D eigenvalue weighted by molar-refractivity contribution is 5.91. The first-order valence-electron chi connectivity index (χ1n) is 7.50. The molecule has 2 aromatic heterocycles.